The minimum absolute atomic E-state index is 0.0312. The average Bonchev–Trinajstić information content (AvgIpc) is 3.20. The van der Waals surface area contributed by atoms with Crippen LogP contribution in [0.3, 0.4) is 0 Å². The molecule has 3 rings (SSSR count). The van der Waals surface area contributed by atoms with Crippen molar-refractivity contribution in [2.45, 2.75) is 45.3 Å². The van der Waals surface area contributed by atoms with Gasteiger partial charge in [-0.2, -0.15) is 5.10 Å². The molecular weight excluding hydrogens is 272 g/mol. The van der Waals surface area contributed by atoms with Gasteiger partial charge in [-0.25, -0.2) is 8.78 Å². The number of halogens is 2. The molecule has 0 spiro atoms. The molecule has 0 radical (unpaired) electrons. The Hall–Kier alpha value is -1.75. The van der Waals surface area contributed by atoms with E-state index in [1.807, 2.05) is 31.2 Å². The van der Waals surface area contributed by atoms with Crippen LogP contribution in [0.1, 0.15) is 41.7 Å². The summed E-state index contributed by atoms with van der Waals surface area (Å²) in [5.74, 6) is 0. The van der Waals surface area contributed by atoms with Gasteiger partial charge < -0.3 is 5.32 Å². The van der Waals surface area contributed by atoms with Gasteiger partial charge in [-0.1, -0.05) is 29.8 Å². The first kappa shape index (κ1) is 14.2. The minimum atomic E-state index is -2.51. The van der Waals surface area contributed by atoms with E-state index in [9.17, 15) is 8.78 Å². The van der Waals surface area contributed by atoms with Crippen LogP contribution in [0, 0.1) is 6.92 Å². The highest BCUT2D eigenvalue weighted by Crippen LogP contribution is 2.25. The van der Waals surface area contributed by atoms with Gasteiger partial charge >= 0.3 is 0 Å². The van der Waals surface area contributed by atoms with Gasteiger partial charge in [0, 0.05) is 18.2 Å². The zero-order valence-corrected chi connectivity index (χ0v) is 12.0. The molecule has 3 nitrogen and oxygen atoms in total. The fourth-order valence-electron chi connectivity index (χ4n) is 2.36. The van der Waals surface area contributed by atoms with E-state index in [0.29, 0.717) is 24.7 Å². The second kappa shape index (κ2) is 5.93. The van der Waals surface area contributed by atoms with Gasteiger partial charge in [0.2, 0.25) is 0 Å². The molecule has 1 fully saturated rings. The fourth-order valence-corrected chi connectivity index (χ4v) is 2.36. The van der Waals surface area contributed by atoms with Gasteiger partial charge in [0.1, 0.15) is 5.69 Å². The number of aryl methyl sites for hydroxylation is 1. The number of alkyl halides is 2. The van der Waals surface area contributed by atoms with Gasteiger partial charge in [0.15, 0.2) is 0 Å². The number of aromatic nitrogens is 2. The lowest BCUT2D eigenvalue weighted by Crippen LogP contribution is -2.17. The normalized spacial score (nSPS) is 14.9. The second-order valence-electron chi connectivity index (χ2n) is 5.65. The number of benzene rings is 1. The van der Waals surface area contributed by atoms with Crippen LogP contribution in [0.5, 0.6) is 0 Å². The van der Waals surface area contributed by atoms with Crippen LogP contribution in [-0.4, -0.2) is 15.8 Å². The molecule has 112 valence electrons. The maximum atomic E-state index is 13.3. The first-order valence-corrected chi connectivity index (χ1v) is 7.25. The van der Waals surface area contributed by atoms with Crippen molar-refractivity contribution in [3.05, 3.63) is 52.8 Å². The lowest BCUT2D eigenvalue weighted by atomic mass is 10.1. The van der Waals surface area contributed by atoms with E-state index >= 15 is 0 Å². The number of hydrogen-bond acceptors (Lipinski definition) is 2. The molecule has 1 heterocycles. The molecule has 1 aromatic carbocycles. The van der Waals surface area contributed by atoms with Gasteiger partial charge in [-0.05, 0) is 25.3 Å². The summed E-state index contributed by atoms with van der Waals surface area (Å²) in [6.45, 7) is 2.85. The maximum absolute atomic E-state index is 13.3. The number of hydrogen-bond donors (Lipinski definition) is 1. The summed E-state index contributed by atoms with van der Waals surface area (Å²) >= 11 is 0. The van der Waals surface area contributed by atoms with Crippen LogP contribution < -0.4 is 5.32 Å². The predicted octanol–water partition coefficient (Wildman–Crippen LogP) is 3.43. The lowest BCUT2D eigenvalue weighted by molar-refractivity contribution is 0.138. The van der Waals surface area contributed by atoms with Crippen LogP contribution in [0.2, 0.25) is 0 Å². The molecule has 1 aliphatic rings. The molecule has 0 amide bonds. The van der Waals surface area contributed by atoms with Crippen molar-refractivity contribution >= 4 is 0 Å². The zero-order valence-electron chi connectivity index (χ0n) is 12.0. The first-order valence-electron chi connectivity index (χ1n) is 7.25. The summed E-state index contributed by atoms with van der Waals surface area (Å²) in [6, 6.07) is 8.37. The summed E-state index contributed by atoms with van der Waals surface area (Å²) in [7, 11) is 0. The SMILES string of the molecule is Cc1ccc(Cn2ncc(CNC3CC3)c2C(F)F)cc1. The molecule has 0 aliphatic heterocycles. The van der Waals surface area contributed by atoms with Crippen molar-refractivity contribution in [1.29, 1.82) is 0 Å². The molecule has 0 unspecified atom stereocenters. The molecule has 2 aromatic rings. The Balaban J connectivity index is 1.78. The molecule has 5 heteroatoms. The van der Waals surface area contributed by atoms with E-state index in [4.69, 9.17) is 0 Å². The Morgan fingerprint density at radius 1 is 1.29 bits per heavy atom. The zero-order chi connectivity index (χ0) is 14.8. The Bertz CT molecular complexity index is 600. The topological polar surface area (TPSA) is 29.9 Å². The van der Waals surface area contributed by atoms with Gasteiger partial charge in [0.05, 0.1) is 12.7 Å². The summed E-state index contributed by atoms with van der Waals surface area (Å²) in [4.78, 5) is 0. The summed E-state index contributed by atoms with van der Waals surface area (Å²) < 4.78 is 28.1. The quantitative estimate of drug-likeness (QED) is 0.883. The summed E-state index contributed by atoms with van der Waals surface area (Å²) in [5.41, 5.74) is 2.77. The summed E-state index contributed by atoms with van der Waals surface area (Å²) in [6.07, 6.45) is 1.34. The van der Waals surface area contributed by atoms with Crippen LogP contribution >= 0.6 is 0 Å². The average molecular weight is 291 g/mol. The van der Waals surface area contributed by atoms with E-state index < -0.39 is 6.43 Å². The number of nitrogens with zero attached hydrogens (tertiary/aromatic N) is 2. The Morgan fingerprint density at radius 2 is 2.00 bits per heavy atom. The van der Waals surface area contributed by atoms with Crippen LogP contribution in [0.15, 0.2) is 30.5 Å². The summed E-state index contributed by atoms with van der Waals surface area (Å²) in [5, 5.41) is 7.42. The number of rotatable bonds is 6. The molecule has 1 saturated carbocycles. The van der Waals surface area contributed by atoms with Gasteiger partial charge in [-0.3, -0.25) is 4.68 Å². The highest BCUT2D eigenvalue weighted by Gasteiger charge is 2.24. The van der Waals surface area contributed by atoms with Crippen molar-refractivity contribution in [1.82, 2.24) is 15.1 Å². The minimum Gasteiger partial charge on any atom is -0.310 e. The van der Waals surface area contributed by atoms with Crippen molar-refractivity contribution < 1.29 is 8.78 Å². The van der Waals surface area contributed by atoms with E-state index in [0.717, 1.165) is 24.0 Å². The van der Waals surface area contributed by atoms with Crippen LogP contribution in [0.4, 0.5) is 8.78 Å². The van der Waals surface area contributed by atoms with Crippen LogP contribution in [-0.2, 0) is 13.1 Å². The molecule has 1 aromatic heterocycles. The molecule has 1 N–H and O–H groups in total. The van der Waals surface area contributed by atoms with E-state index in [-0.39, 0.29) is 5.69 Å². The Labute approximate surface area is 123 Å². The molecule has 0 bridgehead atoms. The fraction of sp³-hybridized carbons (Fsp3) is 0.438. The van der Waals surface area contributed by atoms with Crippen LogP contribution in [0.25, 0.3) is 0 Å². The third-order valence-electron chi connectivity index (χ3n) is 3.78. The smallest absolute Gasteiger partial charge is 0.280 e. The van der Waals surface area contributed by atoms with Crippen molar-refractivity contribution in [2.24, 2.45) is 0 Å². The van der Waals surface area contributed by atoms with Crippen molar-refractivity contribution in [3.8, 4) is 0 Å². The first-order chi connectivity index (χ1) is 10.1. The highest BCUT2D eigenvalue weighted by atomic mass is 19.3. The second-order valence-corrected chi connectivity index (χ2v) is 5.65. The maximum Gasteiger partial charge on any atom is 0.280 e. The lowest BCUT2D eigenvalue weighted by Gasteiger charge is -2.10. The highest BCUT2D eigenvalue weighted by molar-refractivity contribution is 5.24. The third-order valence-corrected chi connectivity index (χ3v) is 3.78. The Kier molecular flexibility index (Phi) is 4.01. The predicted molar refractivity (Wildman–Crippen MR) is 77.3 cm³/mol. The molecule has 0 atom stereocenters. The Morgan fingerprint density at radius 3 is 2.62 bits per heavy atom. The van der Waals surface area contributed by atoms with E-state index in [1.165, 1.54) is 4.68 Å². The van der Waals surface area contributed by atoms with Gasteiger partial charge in [-0.15, -0.1) is 0 Å². The largest absolute Gasteiger partial charge is 0.310 e. The van der Waals surface area contributed by atoms with E-state index in [2.05, 4.69) is 10.4 Å². The standard InChI is InChI=1S/C16H19F2N3/c1-11-2-4-12(5-3-11)10-21-15(16(17)18)13(9-20-21)8-19-14-6-7-14/h2-5,9,14,16,19H,6-8,10H2,1H3. The molecule has 0 saturated heterocycles. The van der Waals surface area contributed by atoms with Crippen molar-refractivity contribution in [2.75, 3.05) is 0 Å². The van der Waals surface area contributed by atoms with E-state index in [1.54, 1.807) is 6.20 Å². The molecule has 1 aliphatic carbocycles. The number of nitrogens with one attached hydrogen (secondary N) is 1. The third kappa shape index (κ3) is 3.47. The van der Waals surface area contributed by atoms with Crippen molar-refractivity contribution in [3.63, 3.8) is 0 Å². The molecule has 21 heavy (non-hydrogen) atoms. The monoisotopic (exact) mass is 291 g/mol. The van der Waals surface area contributed by atoms with Gasteiger partial charge in [0.25, 0.3) is 6.43 Å². The molecular formula is C16H19F2N3.